The average Bonchev–Trinajstić information content (AvgIpc) is 2.75. The predicted octanol–water partition coefficient (Wildman–Crippen LogP) is 3.72. The number of rotatable bonds is 3. The lowest BCUT2D eigenvalue weighted by atomic mass is 10.0. The van der Waals surface area contributed by atoms with Crippen molar-refractivity contribution in [1.29, 1.82) is 0 Å². The molecule has 0 aliphatic rings. The van der Waals surface area contributed by atoms with Gasteiger partial charge in [-0.3, -0.25) is 4.68 Å². The molecule has 0 aliphatic carbocycles. The fraction of sp³-hybridized carbons (Fsp3) is 0.188. The molecule has 1 unspecified atom stereocenters. The van der Waals surface area contributed by atoms with Crippen LogP contribution < -0.4 is 5.73 Å². The Morgan fingerprint density at radius 3 is 2.81 bits per heavy atom. The highest BCUT2D eigenvalue weighted by Gasteiger charge is 2.14. The van der Waals surface area contributed by atoms with E-state index in [0.29, 0.717) is 10.9 Å². The van der Waals surface area contributed by atoms with Gasteiger partial charge in [0.05, 0.1) is 11.2 Å². The maximum atomic E-state index is 13.5. The molecule has 0 bridgehead atoms. The van der Waals surface area contributed by atoms with E-state index in [-0.39, 0.29) is 11.9 Å². The normalized spacial score (nSPS) is 12.8. The van der Waals surface area contributed by atoms with Gasteiger partial charge < -0.3 is 5.73 Å². The van der Waals surface area contributed by atoms with Crippen LogP contribution in [0, 0.1) is 5.82 Å². The first kappa shape index (κ1) is 14.2. The summed E-state index contributed by atoms with van der Waals surface area (Å²) in [5.41, 5.74) is 8.99. The number of nitrogens with zero attached hydrogens (tertiary/aromatic N) is 2. The second-order valence-electron chi connectivity index (χ2n) is 5.10. The van der Waals surface area contributed by atoms with E-state index in [2.05, 4.69) is 21.0 Å². The molecule has 0 radical (unpaired) electrons. The third kappa shape index (κ3) is 2.84. The van der Waals surface area contributed by atoms with Crippen LogP contribution in [-0.4, -0.2) is 9.78 Å². The quantitative estimate of drug-likeness (QED) is 0.784. The van der Waals surface area contributed by atoms with E-state index in [4.69, 9.17) is 5.73 Å². The Morgan fingerprint density at radius 2 is 2.05 bits per heavy atom. The molecule has 0 fully saturated rings. The van der Waals surface area contributed by atoms with Gasteiger partial charge in [0, 0.05) is 29.4 Å². The Kier molecular flexibility index (Phi) is 3.78. The zero-order valence-electron chi connectivity index (χ0n) is 11.6. The minimum Gasteiger partial charge on any atom is -0.324 e. The third-order valence-electron chi connectivity index (χ3n) is 3.56. The van der Waals surface area contributed by atoms with Gasteiger partial charge in [0.15, 0.2) is 0 Å². The average molecular weight is 348 g/mol. The van der Waals surface area contributed by atoms with Crippen LogP contribution in [0.4, 0.5) is 4.39 Å². The molecule has 2 aromatic carbocycles. The summed E-state index contributed by atoms with van der Waals surface area (Å²) in [7, 11) is 1.91. The van der Waals surface area contributed by atoms with Gasteiger partial charge in [-0.25, -0.2) is 4.39 Å². The maximum absolute atomic E-state index is 13.5. The second-order valence-corrected chi connectivity index (χ2v) is 6.02. The van der Waals surface area contributed by atoms with Crippen molar-refractivity contribution in [2.45, 2.75) is 12.5 Å². The Bertz CT molecular complexity index is 777. The highest BCUT2D eigenvalue weighted by molar-refractivity contribution is 9.10. The van der Waals surface area contributed by atoms with E-state index >= 15 is 0 Å². The van der Waals surface area contributed by atoms with Crippen molar-refractivity contribution in [3.05, 3.63) is 64.0 Å². The zero-order chi connectivity index (χ0) is 15.0. The van der Waals surface area contributed by atoms with Crippen LogP contribution in [0.15, 0.2) is 46.9 Å². The highest BCUT2D eigenvalue weighted by Crippen LogP contribution is 2.25. The largest absolute Gasteiger partial charge is 0.324 e. The molecule has 0 aliphatic heterocycles. The fourth-order valence-corrected chi connectivity index (χ4v) is 3.04. The minimum atomic E-state index is -0.296. The first-order valence-corrected chi connectivity index (χ1v) is 7.46. The number of hydrogen-bond acceptors (Lipinski definition) is 2. The number of para-hydroxylation sites is 1. The number of nitrogens with two attached hydrogens (primary N) is 1. The van der Waals surface area contributed by atoms with Crippen molar-refractivity contribution in [1.82, 2.24) is 9.78 Å². The summed E-state index contributed by atoms with van der Waals surface area (Å²) in [6, 6.07) is 12.5. The van der Waals surface area contributed by atoms with Crippen LogP contribution >= 0.6 is 15.9 Å². The van der Waals surface area contributed by atoms with Crippen molar-refractivity contribution in [2.24, 2.45) is 12.8 Å². The Morgan fingerprint density at radius 1 is 1.29 bits per heavy atom. The molecule has 0 amide bonds. The lowest BCUT2D eigenvalue weighted by Gasteiger charge is -2.11. The summed E-state index contributed by atoms with van der Waals surface area (Å²) in [5.74, 6) is -0.291. The first-order chi connectivity index (χ1) is 10.0. The van der Waals surface area contributed by atoms with Crippen LogP contribution in [0.5, 0.6) is 0 Å². The number of hydrogen-bond donors (Lipinski definition) is 1. The molecule has 3 aromatic rings. The molecule has 1 heterocycles. The van der Waals surface area contributed by atoms with Crippen molar-refractivity contribution >= 4 is 26.8 Å². The molecule has 1 aromatic heterocycles. The lowest BCUT2D eigenvalue weighted by Crippen LogP contribution is -2.14. The van der Waals surface area contributed by atoms with Gasteiger partial charge in [0.1, 0.15) is 5.82 Å². The molecule has 21 heavy (non-hydrogen) atoms. The van der Waals surface area contributed by atoms with Crippen molar-refractivity contribution in [3.63, 3.8) is 0 Å². The van der Waals surface area contributed by atoms with Crippen LogP contribution in [0.3, 0.4) is 0 Å². The number of aryl methyl sites for hydroxylation is 1. The van der Waals surface area contributed by atoms with E-state index in [9.17, 15) is 4.39 Å². The smallest absolute Gasteiger partial charge is 0.124 e. The third-order valence-corrected chi connectivity index (χ3v) is 4.02. The van der Waals surface area contributed by atoms with Crippen LogP contribution in [0.1, 0.15) is 17.3 Å². The molecule has 1 atom stereocenters. The zero-order valence-corrected chi connectivity index (χ0v) is 13.1. The predicted molar refractivity (Wildman–Crippen MR) is 85.4 cm³/mol. The van der Waals surface area contributed by atoms with Crippen LogP contribution in [-0.2, 0) is 13.5 Å². The Balaban J connectivity index is 1.94. The monoisotopic (exact) mass is 347 g/mol. The molecule has 3 rings (SSSR count). The summed E-state index contributed by atoms with van der Waals surface area (Å²) in [6.45, 7) is 0. The van der Waals surface area contributed by atoms with E-state index < -0.39 is 0 Å². The van der Waals surface area contributed by atoms with Gasteiger partial charge in [0.25, 0.3) is 0 Å². The lowest BCUT2D eigenvalue weighted by molar-refractivity contribution is 0.615. The molecule has 108 valence electrons. The summed E-state index contributed by atoms with van der Waals surface area (Å²) < 4.78 is 16.0. The van der Waals surface area contributed by atoms with E-state index in [0.717, 1.165) is 22.2 Å². The van der Waals surface area contributed by atoms with E-state index in [1.807, 2.05) is 42.1 Å². The topological polar surface area (TPSA) is 43.8 Å². The van der Waals surface area contributed by atoms with Crippen LogP contribution in [0.25, 0.3) is 10.9 Å². The van der Waals surface area contributed by atoms with Gasteiger partial charge in [-0.1, -0.05) is 34.1 Å². The SMILES string of the molecule is Cn1nc(CC(N)c2cc(F)cc(Br)c2)c2ccccc21. The molecular formula is C16H15BrFN3. The summed E-state index contributed by atoms with van der Waals surface area (Å²) >= 11 is 3.30. The highest BCUT2D eigenvalue weighted by atomic mass is 79.9. The summed E-state index contributed by atoms with van der Waals surface area (Å²) in [6.07, 6.45) is 0.567. The van der Waals surface area contributed by atoms with Gasteiger partial charge in [0.2, 0.25) is 0 Å². The van der Waals surface area contributed by atoms with Gasteiger partial charge >= 0.3 is 0 Å². The van der Waals surface area contributed by atoms with Gasteiger partial charge in [-0.05, 0) is 29.8 Å². The molecule has 0 saturated carbocycles. The summed E-state index contributed by atoms with van der Waals surface area (Å²) in [5, 5.41) is 5.62. The van der Waals surface area contributed by atoms with Crippen LogP contribution in [0.2, 0.25) is 0 Å². The molecule has 0 saturated heterocycles. The van der Waals surface area contributed by atoms with Gasteiger partial charge in [-0.2, -0.15) is 5.10 Å². The number of halogens is 2. The molecule has 2 N–H and O–H groups in total. The fourth-order valence-electron chi connectivity index (χ4n) is 2.55. The molecule has 5 heteroatoms. The van der Waals surface area contributed by atoms with Gasteiger partial charge in [-0.15, -0.1) is 0 Å². The van der Waals surface area contributed by atoms with Crippen molar-refractivity contribution in [2.75, 3.05) is 0 Å². The minimum absolute atomic E-state index is 0.291. The Labute approximate surface area is 130 Å². The maximum Gasteiger partial charge on any atom is 0.124 e. The number of fused-ring (bicyclic) bond motifs is 1. The standard InChI is InChI=1S/C16H15BrFN3/c1-21-16-5-3-2-4-13(16)15(20-21)9-14(19)10-6-11(17)8-12(18)7-10/h2-8,14H,9,19H2,1H3. The second kappa shape index (κ2) is 5.58. The molecule has 0 spiro atoms. The first-order valence-electron chi connectivity index (χ1n) is 6.67. The van der Waals surface area contributed by atoms with E-state index in [1.165, 1.54) is 12.1 Å². The Hall–Kier alpha value is -1.72. The van der Waals surface area contributed by atoms with E-state index in [1.54, 1.807) is 0 Å². The van der Waals surface area contributed by atoms with Crippen molar-refractivity contribution in [3.8, 4) is 0 Å². The van der Waals surface area contributed by atoms with Crippen molar-refractivity contribution < 1.29 is 4.39 Å². The molecular weight excluding hydrogens is 333 g/mol. The summed E-state index contributed by atoms with van der Waals surface area (Å²) in [4.78, 5) is 0. The number of benzene rings is 2. The molecule has 3 nitrogen and oxygen atoms in total. The number of aromatic nitrogens is 2.